The Hall–Kier alpha value is -3.94. The van der Waals surface area contributed by atoms with Crippen molar-refractivity contribution in [1.82, 2.24) is 24.7 Å². The number of nitrogens with zero attached hydrogens (tertiary/aromatic N) is 6. The highest BCUT2D eigenvalue weighted by Crippen LogP contribution is 2.56. The van der Waals surface area contributed by atoms with Crippen LogP contribution in [0.4, 0.5) is 11.5 Å². The molecule has 0 amide bonds. The van der Waals surface area contributed by atoms with Gasteiger partial charge in [0.25, 0.3) is 0 Å². The van der Waals surface area contributed by atoms with Crippen LogP contribution in [0.15, 0.2) is 48.8 Å². The molecule has 1 aliphatic heterocycles. The van der Waals surface area contributed by atoms with E-state index in [4.69, 9.17) is 15.1 Å². The van der Waals surface area contributed by atoms with Crippen LogP contribution in [-0.4, -0.2) is 43.3 Å². The predicted octanol–water partition coefficient (Wildman–Crippen LogP) is 6.17. The highest BCUT2D eigenvalue weighted by Gasteiger charge is 2.48. The van der Waals surface area contributed by atoms with Crippen LogP contribution in [0.1, 0.15) is 98.2 Å². The van der Waals surface area contributed by atoms with Crippen LogP contribution >= 0.6 is 0 Å². The van der Waals surface area contributed by atoms with E-state index in [-0.39, 0.29) is 29.1 Å². The minimum Gasteiger partial charge on any atom is -0.321 e. The molecular weight excluding hydrogens is 524 g/mol. The number of pyridine rings is 1. The fraction of sp³-hybridized carbons (Fsp3) is 0.471. The summed E-state index contributed by atoms with van der Waals surface area (Å²) in [5.41, 5.74) is 7.16. The van der Waals surface area contributed by atoms with Gasteiger partial charge in [0.2, 0.25) is 0 Å². The van der Waals surface area contributed by atoms with Gasteiger partial charge in [-0.3, -0.25) is 9.78 Å². The summed E-state index contributed by atoms with van der Waals surface area (Å²) in [6.07, 6.45) is 15.2. The smallest absolute Gasteiger partial charge is 0.183 e. The van der Waals surface area contributed by atoms with E-state index in [9.17, 15) is 9.59 Å². The fourth-order valence-corrected chi connectivity index (χ4v) is 8.35. The van der Waals surface area contributed by atoms with E-state index < -0.39 is 0 Å². The molecule has 2 fully saturated rings. The van der Waals surface area contributed by atoms with Crippen LogP contribution in [0.5, 0.6) is 0 Å². The number of Topliss-reactive ketones (excluding diaryl/α,β-unsaturated/α-hetero) is 1. The van der Waals surface area contributed by atoms with Crippen molar-refractivity contribution in [2.24, 2.45) is 5.41 Å². The summed E-state index contributed by atoms with van der Waals surface area (Å²) in [6, 6.07) is 12.2. The zero-order valence-corrected chi connectivity index (χ0v) is 23.9. The molecule has 8 nitrogen and oxygen atoms in total. The van der Waals surface area contributed by atoms with E-state index in [2.05, 4.69) is 40.2 Å². The number of aldehydes is 1. The molecule has 0 bridgehead atoms. The third-order valence-electron chi connectivity index (χ3n) is 10.6. The number of ketones is 1. The van der Waals surface area contributed by atoms with Gasteiger partial charge in [0, 0.05) is 37.2 Å². The molecular formula is C34H36N6O2. The van der Waals surface area contributed by atoms with Crippen molar-refractivity contribution >= 4 is 34.7 Å². The Bertz CT molecular complexity index is 1690. The average molecular weight is 561 g/mol. The Morgan fingerprint density at radius 2 is 1.83 bits per heavy atom. The Kier molecular flexibility index (Phi) is 6.19. The lowest BCUT2D eigenvalue weighted by Gasteiger charge is -2.40. The van der Waals surface area contributed by atoms with Gasteiger partial charge in [0.1, 0.15) is 12.3 Å². The minimum atomic E-state index is -0.294. The number of rotatable bonds is 4. The van der Waals surface area contributed by atoms with E-state index in [0.717, 1.165) is 105 Å². The van der Waals surface area contributed by atoms with Crippen molar-refractivity contribution in [1.29, 1.82) is 0 Å². The molecule has 4 aromatic rings. The molecule has 2 unspecified atom stereocenters. The first-order chi connectivity index (χ1) is 20.6. The van der Waals surface area contributed by atoms with Crippen LogP contribution in [0.3, 0.4) is 0 Å². The minimum absolute atomic E-state index is 0.0125. The van der Waals surface area contributed by atoms with Crippen molar-refractivity contribution in [3.8, 4) is 0 Å². The van der Waals surface area contributed by atoms with E-state index in [0.29, 0.717) is 6.42 Å². The summed E-state index contributed by atoms with van der Waals surface area (Å²) in [5, 5.41) is 5.10. The third kappa shape index (κ3) is 4.02. The first-order valence-electron chi connectivity index (χ1n) is 15.7. The molecule has 214 valence electrons. The van der Waals surface area contributed by atoms with Gasteiger partial charge in [-0.1, -0.05) is 30.7 Å². The molecule has 4 heterocycles. The number of hydrogen-bond donors (Lipinski definition) is 0. The van der Waals surface area contributed by atoms with Crippen LogP contribution in [0, 0.1) is 5.41 Å². The summed E-state index contributed by atoms with van der Waals surface area (Å²) in [6.45, 7) is 0.831. The van der Waals surface area contributed by atoms with E-state index in [1.165, 1.54) is 17.4 Å². The lowest BCUT2D eigenvalue weighted by Crippen LogP contribution is -2.32. The maximum Gasteiger partial charge on any atom is 0.183 e. The van der Waals surface area contributed by atoms with Crippen LogP contribution in [-0.2, 0) is 22.4 Å². The lowest BCUT2D eigenvalue weighted by molar-refractivity contribution is -0.124. The molecule has 4 aliphatic rings. The van der Waals surface area contributed by atoms with Gasteiger partial charge >= 0.3 is 0 Å². The van der Waals surface area contributed by atoms with Gasteiger partial charge in [0.15, 0.2) is 22.8 Å². The third-order valence-corrected chi connectivity index (χ3v) is 10.6. The fourth-order valence-electron chi connectivity index (χ4n) is 8.35. The molecule has 3 aliphatic carbocycles. The number of hydrogen-bond acceptors (Lipinski definition) is 7. The molecule has 0 saturated heterocycles. The van der Waals surface area contributed by atoms with E-state index >= 15 is 0 Å². The molecule has 8 rings (SSSR count). The van der Waals surface area contributed by atoms with Crippen molar-refractivity contribution in [3.63, 3.8) is 0 Å². The summed E-state index contributed by atoms with van der Waals surface area (Å²) in [5.74, 6) is 1.27. The van der Waals surface area contributed by atoms with Crippen LogP contribution in [0.2, 0.25) is 0 Å². The number of fused-ring (bicyclic) bond motifs is 3. The number of aryl methyl sites for hydroxylation is 1. The Morgan fingerprint density at radius 1 is 0.952 bits per heavy atom. The Labute approximate surface area is 245 Å². The quantitative estimate of drug-likeness (QED) is 0.275. The topological polar surface area (TPSA) is 93.9 Å². The Balaban J connectivity index is 1.15. The first-order valence-corrected chi connectivity index (χ1v) is 15.7. The van der Waals surface area contributed by atoms with E-state index in [1.807, 2.05) is 23.1 Å². The maximum atomic E-state index is 13.1. The highest BCUT2D eigenvalue weighted by molar-refractivity contribution is 5.90. The Morgan fingerprint density at radius 3 is 2.69 bits per heavy atom. The van der Waals surface area contributed by atoms with Gasteiger partial charge in [-0.25, -0.2) is 14.6 Å². The zero-order chi connectivity index (χ0) is 28.3. The van der Waals surface area contributed by atoms with Crippen molar-refractivity contribution < 1.29 is 9.59 Å². The second-order valence-corrected chi connectivity index (χ2v) is 12.8. The number of aromatic nitrogens is 5. The zero-order valence-electron chi connectivity index (χ0n) is 23.9. The lowest BCUT2D eigenvalue weighted by atomic mass is 9.64. The number of anilines is 2. The van der Waals surface area contributed by atoms with Crippen LogP contribution < -0.4 is 4.90 Å². The molecule has 0 radical (unpaired) electrons. The van der Waals surface area contributed by atoms with Gasteiger partial charge < -0.3 is 9.69 Å². The number of carbonyl (C=O) groups is 2. The molecule has 42 heavy (non-hydrogen) atoms. The van der Waals surface area contributed by atoms with Gasteiger partial charge in [-0.15, -0.1) is 5.10 Å². The number of benzene rings is 1. The summed E-state index contributed by atoms with van der Waals surface area (Å²) in [4.78, 5) is 42.6. The van der Waals surface area contributed by atoms with E-state index in [1.54, 1.807) is 0 Å². The standard InChI is InChI=1S/C34H36N6O2/c41-21-25-24-8-2-1-7-23(24)19-34(25)15-13-22(14-16-34)27-20-36-31-32(37-27)40(29-10-3-4-12-30(29)42)38-33(31)39-18-6-9-26-28(39)11-5-17-35-26/h1-2,5,7-8,11,17,20-22,25,29H,3-4,6,9-10,12-16,18-19H2. The van der Waals surface area contributed by atoms with Crippen molar-refractivity contribution in [2.75, 3.05) is 11.4 Å². The monoisotopic (exact) mass is 560 g/mol. The van der Waals surface area contributed by atoms with Crippen molar-refractivity contribution in [3.05, 3.63) is 71.3 Å². The first kappa shape index (κ1) is 25.7. The molecule has 2 saturated carbocycles. The summed E-state index contributed by atoms with van der Waals surface area (Å²) in [7, 11) is 0. The van der Waals surface area contributed by atoms with Crippen molar-refractivity contribution in [2.45, 2.75) is 88.5 Å². The average Bonchev–Trinajstić information content (AvgIpc) is 3.56. The van der Waals surface area contributed by atoms with Gasteiger partial charge in [0.05, 0.1) is 17.1 Å². The molecule has 0 N–H and O–H groups in total. The highest BCUT2D eigenvalue weighted by atomic mass is 16.1. The second-order valence-electron chi connectivity index (χ2n) is 12.8. The largest absolute Gasteiger partial charge is 0.321 e. The normalized spacial score (nSPS) is 27.3. The molecule has 3 aromatic heterocycles. The summed E-state index contributed by atoms with van der Waals surface area (Å²) < 4.78 is 1.90. The van der Waals surface area contributed by atoms with Gasteiger partial charge in [-0.05, 0) is 86.5 Å². The molecule has 1 aromatic carbocycles. The predicted molar refractivity (Wildman–Crippen MR) is 160 cm³/mol. The maximum absolute atomic E-state index is 13.1. The SMILES string of the molecule is O=CC1c2ccccc2CC12CCC(c1cnc3c(N4CCCc5ncccc54)nn(C4CCCCC4=O)c3n1)CC2. The van der Waals surface area contributed by atoms with Gasteiger partial charge in [-0.2, -0.15) is 0 Å². The molecule has 1 spiro atoms. The molecule has 8 heteroatoms. The second kappa shape index (κ2) is 10.1. The molecule has 2 atom stereocenters. The van der Waals surface area contributed by atoms with Crippen LogP contribution in [0.25, 0.3) is 11.2 Å². The summed E-state index contributed by atoms with van der Waals surface area (Å²) >= 11 is 0. The number of carbonyl (C=O) groups excluding carboxylic acids is 2.